The molecular weight excluding hydrogens is 244 g/mol. The van der Waals surface area contributed by atoms with Gasteiger partial charge in [0.25, 0.3) is 0 Å². The summed E-state index contributed by atoms with van der Waals surface area (Å²) in [4.78, 5) is 0. The van der Waals surface area contributed by atoms with Gasteiger partial charge in [0.15, 0.2) is 11.6 Å². The zero-order chi connectivity index (χ0) is 14.0. The minimum absolute atomic E-state index is 0.286. The first-order valence-electron chi connectivity index (χ1n) is 6.25. The number of aryl methyl sites for hydroxylation is 1. The van der Waals surface area contributed by atoms with Crippen molar-refractivity contribution >= 4 is 0 Å². The molecule has 3 heteroatoms. The lowest BCUT2D eigenvalue weighted by molar-refractivity contribution is 0.494. The summed E-state index contributed by atoms with van der Waals surface area (Å²) < 4.78 is 26.8. The van der Waals surface area contributed by atoms with E-state index in [1.165, 1.54) is 6.07 Å². The lowest BCUT2D eigenvalue weighted by Crippen LogP contribution is -2.16. The monoisotopic (exact) mass is 261 g/mol. The minimum Gasteiger partial charge on any atom is -0.324 e. The second-order valence-corrected chi connectivity index (χ2v) is 4.81. The highest BCUT2D eigenvalue weighted by Gasteiger charge is 2.14. The standard InChI is InChI=1S/C16H17F2N/c1-10-5-3-7-13(11(10)2)15(19)9-12-6-4-8-14(17)16(12)18/h3-8,15H,9,19H2,1-2H3. The van der Waals surface area contributed by atoms with Crippen LogP contribution in [-0.2, 0) is 6.42 Å². The highest BCUT2D eigenvalue weighted by atomic mass is 19.2. The third kappa shape index (κ3) is 2.82. The van der Waals surface area contributed by atoms with Crippen molar-refractivity contribution in [1.82, 2.24) is 0 Å². The van der Waals surface area contributed by atoms with E-state index in [2.05, 4.69) is 0 Å². The zero-order valence-electron chi connectivity index (χ0n) is 11.1. The minimum atomic E-state index is -0.828. The number of rotatable bonds is 3. The van der Waals surface area contributed by atoms with Crippen molar-refractivity contribution in [2.75, 3.05) is 0 Å². The smallest absolute Gasteiger partial charge is 0.162 e. The van der Waals surface area contributed by atoms with Crippen molar-refractivity contribution in [2.24, 2.45) is 5.73 Å². The van der Waals surface area contributed by atoms with E-state index in [9.17, 15) is 8.78 Å². The Morgan fingerprint density at radius 1 is 1.05 bits per heavy atom. The Bertz CT molecular complexity index is 593. The maximum absolute atomic E-state index is 13.6. The van der Waals surface area contributed by atoms with Gasteiger partial charge in [0.1, 0.15) is 0 Å². The SMILES string of the molecule is Cc1cccc(C(N)Cc2cccc(F)c2F)c1C. The number of nitrogens with two attached hydrogens (primary N) is 1. The molecule has 0 spiro atoms. The van der Waals surface area contributed by atoms with Crippen LogP contribution in [0.4, 0.5) is 8.78 Å². The maximum atomic E-state index is 13.6. The normalized spacial score (nSPS) is 12.5. The molecule has 100 valence electrons. The molecule has 0 radical (unpaired) electrons. The first-order valence-corrected chi connectivity index (χ1v) is 6.25. The molecule has 2 N–H and O–H groups in total. The van der Waals surface area contributed by atoms with E-state index >= 15 is 0 Å². The molecule has 1 nitrogen and oxygen atoms in total. The van der Waals surface area contributed by atoms with Crippen LogP contribution in [0.3, 0.4) is 0 Å². The molecule has 0 bridgehead atoms. The average Bonchev–Trinajstić information content (AvgIpc) is 2.38. The van der Waals surface area contributed by atoms with Crippen LogP contribution in [0.15, 0.2) is 36.4 Å². The van der Waals surface area contributed by atoms with Gasteiger partial charge in [0.2, 0.25) is 0 Å². The Balaban J connectivity index is 2.28. The average molecular weight is 261 g/mol. The van der Waals surface area contributed by atoms with E-state index in [-0.39, 0.29) is 12.5 Å². The molecule has 1 unspecified atom stereocenters. The highest BCUT2D eigenvalue weighted by Crippen LogP contribution is 2.23. The molecule has 2 aromatic rings. The molecule has 0 saturated heterocycles. The molecular formula is C16H17F2N. The predicted molar refractivity (Wildman–Crippen MR) is 72.9 cm³/mol. The molecule has 0 aliphatic carbocycles. The van der Waals surface area contributed by atoms with Gasteiger partial charge in [0.05, 0.1) is 0 Å². The van der Waals surface area contributed by atoms with Gasteiger partial charge in [-0.1, -0.05) is 30.3 Å². The molecule has 0 fully saturated rings. The van der Waals surface area contributed by atoms with Crippen LogP contribution in [0.1, 0.15) is 28.3 Å². The van der Waals surface area contributed by atoms with Crippen LogP contribution < -0.4 is 5.73 Å². The van der Waals surface area contributed by atoms with Crippen LogP contribution in [0, 0.1) is 25.5 Å². The van der Waals surface area contributed by atoms with E-state index in [0.717, 1.165) is 22.8 Å². The number of benzene rings is 2. The van der Waals surface area contributed by atoms with Gasteiger partial charge in [-0.25, -0.2) is 8.78 Å². The molecule has 0 aliphatic heterocycles. The van der Waals surface area contributed by atoms with Crippen molar-refractivity contribution in [3.63, 3.8) is 0 Å². The van der Waals surface area contributed by atoms with Crippen LogP contribution in [0.2, 0.25) is 0 Å². The van der Waals surface area contributed by atoms with E-state index in [4.69, 9.17) is 5.73 Å². The molecule has 2 aromatic carbocycles. The second-order valence-electron chi connectivity index (χ2n) is 4.81. The molecule has 2 rings (SSSR count). The Kier molecular flexibility index (Phi) is 3.96. The fraction of sp³-hybridized carbons (Fsp3) is 0.250. The van der Waals surface area contributed by atoms with Gasteiger partial charge in [-0.05, 0) is 48.6 Å². The number of halogens is 2. The van der Waals surface area contributed by atoms with E-state index in [0.29, 0.717) is 5.56 Å². The van der Waals surface area contributed by atoms with Crippen molar-refractivity contribution in [2.45, 2.75) is 26.3 Å². The van der Waals surface area contributed by atoms with E-state index < -0.39 is 11.6 Å². The van der Waals surface area contributed by atoms with Gasteiger partial charge in [-0.15, -0.1) is 0 Å². The van der Waals surface area contributed by atoms with Gasteiger partial charge in [0, 0.05) is 6.04 Å². The van der Waals surface area contributed by atoms with Crippen molar-refractivity contribution in [3.8, 4) is 0 Å². The second kappa shape index (κ2) is 5.49. The van der Waals surface area contributed by atoms with Crippen molar-refractivity contribution < 1.29 is 8.78 Å². The molecule has 0 aliphatic rings. The largest absolute Gasteiger partial charge is 0.324 e. The van der Waals surface area contributed by atoms with Crippen molar-refractivity contribution in [1.29, 1.82) is 0 Å². The highest BCUT2D eigenvalue weighted by molar-refractivity contribution is 5.36. The predicted octanol–water partition coefficient (Wildman–Crippen LogP) is 3.82. The first-order chi connectivity index (χ1) is 9.00. The zero-order valence-corrected chi connectivity index (χ0v) is 11.1. The summed E-state index contributed by atoms with van der Waals surface area (Å²) in [6.45, 7) is 4.00. The summed E-state index contributed by atoms with van der Waals surface area (Å²) in [6, 6.07) is 9.73. The molecule has 19 heavy (non-hydrogen) atoms. The Hall–Kier alpha value is -1.74. The van der Waals surface area contributed by atoms with Gasteiger partial charge < -0.3 is 5.73 Å². The lowest BCUT2D eigenvalue weighted by atomic mass is 9.93. The van der Waals surface area contributed by atoms with Crippen LogP contribution >= 0.6 is 0 Å². The topological polar surface area (TPSA) is 26.0 Å². The van der Waals surface area contributed by atoms with Crippen LogP contribution in [-0.4, -0.2) is 0 Å². The molecule has 0 aromatic heterocycles. The van der Waals surface area contributed by atoms with Gasteiger partial charge in [-0.2, -0.15) is 0 Å². The Morgan fingerprint density at radius 3 is 2.47 bits per heavy atom. The Morgan fingerprint density at radius 2 is 1.74 bits per heavy atom. The lowest BCUT2D eigenvalue weighted by Gasteiger charge is -2.16. The van der Waals surface area contributed by atoms with Gasteiger partial charge >= 0.3 is 0 Å². The fourth-order valence-corrected chi connectivity index (χ4v) is 2.23. The van der Waals surface area contributed by atoms with Gasteiger partial charge in [-0.3, -0.25) is 0 Å². The van der Waals surface area contributed by atoms with Crippen molar-refractivity contribution in [3.05, 3.63) is 70.3 Å². The molecule has 0 amide bonds. The summed E-state index contributed by atoms with van der Waals surface area (Å²) in [5, 5.41) is 0. The molecule has 1 atom stereocenters. The molecule has 0 saturated carbocycles. The summed E-state index contributed by atoms with van der Waals surface area (Å²) in [6.07, 6.45) is 0.286. The van der Waals surface area contributed by atoms with Crippen LogP contribution in [0.5, 0.6) is 0 Å². The Labute approximate surface area is 112 Å². The summed E-state index contributed by atoms with van der Waals surface area (Å²) in [7, 11) is 0. The number of hydrogen-bond acceptors (Lipinski definition) is 1. The summed E-state index contributed by atoms with van der Waals surface area (Å²) >= 11 is 0. The quantitative estimate of drug-likeness (QED) is 0.893. The van der Waals surface area contributed by atoms with Crippen LogP contribution in [0.25, 0.3) is 0 Å². The third-order valence-electron chi connectivity index (χ3n) is 3.52. The maximum Gasteiger partial charge on any atom is 0.162 e. The first kappa shape index (κ1) is 13.7. The molecule has 0 heterocycles. The summed E-state index contributed by atoms with van der Waals surface area (Å²) in [5.41, 5.74) is 9.67. The van der Waals surface area contributed by atoms with E-state index in [1.807, 2.05) is 32.0 Å². The third-order valence-corrected chi connectivity index (χ3v) is 3.52. The summed E-state index contributed by atoms with van der Waals surface area (Å²) in [5.74, 6) is -1.63. The fourth-order valence-electron chi connectivity index (χ4n) is 2.23. The number of hydrogen-bond donors (Lipinski definition) is 1. The van der Waals surface area contributed by atoms with E-state index in [1.54, 1.807) is 6.07 Å².